The second kappa shape index (κ2) is 6.74. The predicted octanol–water partition coefficient (Wildman–Crippen LogP) is 2.97. The molecule has 1 fully saturated rings. The quantitative estimate of drug-likeness (QED) is 0.870. The molecule has 2 atom stereocenters. The third kappa shape index (κ3) is 3.02. The fourth-order valence-corrected chi connectivity index (χ4v) is 3.00. The Morgan fingerprint density at radius 1 is 1.39 bits per heavy atom. The first-order valence-electron chi connectivity index (χ1n) is 7.06. The summed E-state index contributed by atoms with van der Waals surface area (Å²) >= 11 is 0. The van der Waals surface area contributed by atoms with Gasteiger partial charge in [-0.2, -0.15) is 0 Å². The van der Waals surface area contributed by atoms with Gasteiger partial charge in [-0.1, -0.05) is 19.8 Å². The van der Waals surface area contributed by atoms with E-state index >= 15 is 0 Å². The Bertz CT molecular complexity index is 367. The summed E-state index contributed by atoms with van der Waals surface area (Å²) in [5.41, 5.74) is 1.16. The molecule has 1 heterocycles. The van der Waals surface area contributed by atoms with Gasteiger partial charge in [-0.25, -0.2) is 0 Å². The Morgan fingerprint density at radius 3 is 3.00 bits per heavy atom. The summed E-state index contributed by atoms with van der Waals surface area (Å²) in [6.07, 6.45) is 7.09. The molecule has 2 rings (SSSR count). The van der Waals surface area contributed by atoms with Gasteiger partial charge in [0.25, 0.3) is 0 Å². The summed E-state index contributed by atoms with van der Waals surface area (Å²) < 4.78 is 5.47. The van der Waals surface area contributed by atoms with Gasteiger partial charge in [0, 0.05) is 12.1 Å². The van der Waals surface area contributed by atoms with Crippen molar-refractivity contribution in [3.05, 3.63) is 24.0 Å². The van der Waals surface area contributed by atoms with Crippen molar-refractivity contribution in [3.8, 4) is 5.75 Å². The Balaban J connectivity index is 2.16. The van der Waals surface area contributed by atoms with E-state index in [1.54, 1.807) is 7.11 Å². The van der Waals surface area contributed by atoms with E-state index in [1.807, 2.05) is 18.3 Å². The molecule has 1 aliphatic carbocycles. The molecule has 100 valence electrons. The third-order valence-corrected chi connectivity index (χ3v) is 3.94. The van der Waals surface area contributed by atoms with Crippen molar-refractivity contribution in [2.45, 2.75) is 38.5 Å². The minimum Gasteiger partial charge on any atom is -0.495 e. The molecule has 1 aliphatic rings. The molecule has 1 aromatic heterocycles. The summed E-state index contributed by atoms with van der Waals surface area (Å²) in [7, 11) is 1.74. The molecule has 18 heavy (non-hydrogen) atoms. The van der Waals surface area contributed by atoms with E-state index in [4.69, 9.17) is 4.74 Å². The number of hydrogen-bond acceptors (Lipinski definition) is 3. The molecule has 1 aromatic rings. The number of aromatic nitrogens is 1. The Kier molecular flexibility index (Phi) is 5.00. The highest BCUT2D eigenvalue weighted by Gasteiger charge is 2.29. The largest absolute Gasteiger partial charge is 0.495 e. The van der Waals surface area contributed by atoms with E-state index in [0.717, 1.165) is 24.5 Å². The average molecular weight is 248 g/mol. The normalized spacial score (nSPS) is 23.9. The van der Waals surface area contributed by atoms with Crippen LogP contribution in [0.5, 0.6) is 5.75 Å². The van der Waals surface area contributed by atoms with E-state index < -0.39 is 0 Å². The smallest absolute Gasteiger partial charge is 0.140 e. The summed E-state index contributed by atoms with van der Waals surface area (Å²) in [4.78, 5) is 4.58. The lowest BCUT2D eigenvalue weighted by molar-refractivity contribution is 0.284. The van der Waals surface area contributed by atoms with Crippen LogP contribution >= 0.6 is 0 Å². The minimum absolute atomic E-state index is 0.550. The van der Waals surface area contributed by atoms with Gasteiger partial charge in [0.15, 0.2) is 0 Å². The van der Waals surface area contributed by atoms with Crippen LogP contribution in [0.15, 0.2) is 18.3 Å². The summed E-state index contributed by atoms with van der Waals surface area (Å²) in [6.45, 7) is 4.31. The topological polar surface area (TPSA) is 34.2 Å². The maximum absolute atomic E-state index is 5.47. The minimum atomic E-state index is 0.550. The van der Waals surface area contributed by atoms with Crippen molar-refractivity contribution >= 4 is 0 Å². The summed E-state index contributed by atoms with van der Waals surface area (Å²) in [6, 6.07) is 3.98. The number of hydrogen-bond donors (Lipinski definition) is 1. The lowest BCUT2D eigenvalue weighted by Gasteiger charge is -2.32. The molecule has 0 amide bonds. The molecule has 2 unspecified atom stereocenters. The zero-order valence-corrected chi connectivity index (χ0v) is 11.5. The third-order valence-electron chi connectivity index (χ3n) is 3.94. The first-order valence-corrected chi connectivity index (χ1v) is 7.06. The van der Waals surface area contributed by atoms with Gasteiger partial charge in [-0.05, 0) is 44.0 Å². The maximum Gasteiger partial charge on any atom is 0.140 e. The van der Waals surface area contributed by atoms with Crippen molar-refractivity contribution in [1.29, 1.82) is 0 Å². The van der Waals surface area contributed by atoms with Gasteiger partial charge in [0.05, 0.1) is 12.8 Å². The highest BCUT2D eigenvalue weighted by molar-refractivity contribution is 5.30. The van der Waals surface area contributed by atoms with Gasteiger partial charge >= 0.3 is 0 Å². The van der Waals surface area contributed by atoms with Crippen LogP contribution in [0.2, 0.25) is 0 Å². The molecule has 0 spiro atoms. The fraction of sp³-hybridized carbons (Fsp3) is 0.667. The number of nitrogens with one attached hydrogen (secondary N) is 1. The summed E-state index contributed by atoms with van der Waals surface area (Å²) in [5.74, 6) is 2.20. The highest BCUT2D eigenvalue weighted by Crippen LogP contribution is 2.39. The SMILES string of the molecule is CCNCC1CCCCC1c1ncccc1OC. The maximum atomic E-state index is 5.47. The van der Waals surface area contributed by atoms with Gasteiger partial charge < -0.3 is 10.1 Å². The average Bonchev–Trinajstić information content (AvgIpc) is 2.45. The van der Waals surface area contributed by atoms with Crippen LogP contribution in [0.3, 0.4) is 0 Å². The highest BCUT2D eigenvalue weighted by atomic mass is 16.5. The number of pyridine rings is 1. The molecule has 0 radical (unpaired) electrons. The molecular formula is C15H24N2O. The lowest BCUT2D eigenvalue weighted by atomic mass is 9.77. The van der Waals surface area contributed by atoms with Crippen molar-refractivity contribution in [2.75, 3.05) is 20.2 Å². The lowest BCUT2D eigenvalue weighted by Crippen LogP contribution is -2.30. The molecule has 0 bridgehead atoms. The number of nitrogens with zero attached hydrogens (tertiary/aromatic N) is 1. The van der Waals surface area contributed by atoms with Gasteiger partial charge in [0.2, 0.25) is 0 Å². The Labute approximate surface area is 110 Å². The second-order valence-corrected chi connectivity index (χ2v) is 5.05. The van der Waals surface area contributed by atoms with Crippen LogP contribution in [0, 0.1) is 5.92 Å². The zero-order chi connectivity index (χ0) is 12.8. The van der Waals surface area contributed by atoms with Crippen molar-refractivity contribution < 1.29 is 4.74 Å². The Hall–Kier alpha value is -1.09. The van der Waals surface area contributed by atoms with Gasteiger partial charge in [-0.3, -0.25) is 4.98 Å². The van der Waals surface area contributed by atoms with Gasteiger partial charge in [0.1, 0.15) is 5.75 Å². The Morgan fingerprint density at radius 2 is 2.22 bits per heavy atom. The molecule has 0 saturated heterocycles. The van der Waals surface area contributed by atoms with Crippen LogP contribution in [0.4, 0.5) is 0 Å². The first-order chi connectivity index (χ1) is 8.86. The molecule has 1 saturated carbocycles. The van der Waals surface area contributed by atoms with E-state index in [0.29, 0.717) is 11.8 Å². The van der Waals surface area contributed by atoms with Crippen LogP contribution in [0.25, 0.3) is 0 Å². The van der Waals surface area contributed by atoms with Crippen molar-refractivity contribution in [1.82, 2.24) is 10.3 Å². The summed E-state index contributed by atoms with van der Waals surface area (Å²) in [5, 5.41) is 3.49. The number of methoxy groups -OCH3 is 1. The van der Waals surface area contributed by atoms with E-state index in [9.17, 15) is 0 Å². The van der Waals surface area contributed by atoms with Crippen molar-refractivity contribution in [2.24, 2.45) is 5.92 Å². The molecule has 0 aliphatic heterocycles. The molecule has 3 nitrogen and oxygen atoms in total. The van der Waals surface area contributed by atoms with E-state index in [1.165, 1.54) is 25.7 Å². The standard InChI is InChI=1S/C15H24N2O/c1-3-16-11-12-7-4-5-8-13(12)15-14(18-2)9-6-10-17-15/h6,9-10,12-13,16H,3-5,7-8,11H2,1-2H3. The number of rotatable bonds is 5. The van der Waals surface area contributed by atoms with Gasteiger partial charge in [-0.15, -0.1) is 0 Å². The van der Waals surface area contributed by atoms with Crippen LogP contribution in [0.1, 0.15) is 44.2 Å². The number of ether oxygens (including phenoxy) is 1. The second-order valence-electron chi connectivity index (χ2n) is 5.05. The van der Waals surface area contributed by atoms with Crippen LogP contribution < -0.4 is 10.1 Å². The molecule has 3 heteroatoms. The van der Waals surface area contributed by atoms with Crippen molar-refractivity contribution in [3.63, 3.8) is 0 Å². The fourth-order valence-electron chi connectivity index (χ4n) is 3.00. The first kappa shape index (κ1) is 13.3. The zero-order valence-electron chi connectivity index (χ0n) is 11.5. The van der Waals surface area contributed by atoms with Crippen LogP contribution in [-0.4, -0.2) is 25.2 Å². The molecular weight excluding hydrogens is 224 g/mol. The van der Waals surface area contributed by atoms with Crippen LogP contribution in [-0.2, 0) is 0 Å². The monoisotopic (exact) mass is 248 g/mol. The molecule has 1 N–H and O–H groups in total. The van der Waals surface area contributed by atoms with E-state index in [2.05, 4.69) is 17.2 Å². The predicted molar refractivity (Wildman–Crippen MR) is 74.0 cm³/mol. The molecule has 0 aromatic carbocycles. The van der Waals surface area contributed by atoms with E-state index in [-0.39, 0.29) is 0 Å².